The molecule has 180 valence electrons. The standard InChI is InChI=1S/C25H26F3N3O3/c1-33-14-15-34-20-11-7-18(8-12-20)24(32)31-13-3-2-4-22(31)23-21(16-29-30-23)17-5-9-19(10-6-17)25(26,27)28/h5-12,16,22H,2-4,13-15H2,1H3,(H,29,30)/t22-/m1/s1. The molecule has 0 bridgehead atoms. The first-order valence-corrected chi connectivity index (χ1v) is 11.1. The van der Waals surface area contributed by atoms with Gasteiger partial charge in [-0.15, -0.1) is 0 Å². The lowest BCUT2D eigenvalue weighted by Gasteiger charge is -2.35. The first-order chi connectivity index (χ1) is 16.4. The van der Waals surface area contributed by atoms with Crippen molar-refractivity contribution in [3.8, 4) is 16.9 Å². The second kappa shape index (κ2) is 10.3. The van der Waals surface area contributed by atoms with Gasteiger partial charge in [0.15, 0.2) is 0 Å². The number of aromatic amines is 1. The maximum absolute atomic E-state index is 13.4. The van der Waals surface area contributed by atoms with Crippen LogP contribution in [0.4, 0.5) is 13.2 Å². The van der Waals surface area contributed by atoms with E-state index >= 15 is 0 Å². The Morgan fingerprint density at radius 2 is 1.82 bits per heavy atom. The predicted octanol–water partition coefficient (Wildman–Crippen LogP) is 5.49. The molecule has 0 spiro atoms. The molecule has 0 unspecified atom stereocenters. The topological polar surface area (TPSA) is 67.5 Å². The number of alkyl halides is 3. The van der Waals surface area contributed by atoms with Crippen LogP contribution in [0.15, 0.2) is 54.7 Å². The molecule has 2 aromatic carbocycles. The van der Waals surface area contributed by atoms with Gasteiger partial charge in [-0.2, -0.15) is 18.3 Å². The average molecular weight is 473 g/mol. The zero-order valence-corrected chi connectivity index (χ0v) is 18.8. The summed E-state index contributed by atoms with van der Waals surface area (Å²) in [6, 6.07) is 11.7. The number of benzene rings is 2. The summed E-state index contributed by atoms with van der Waals surface area (Å²) in [6.07, 6.45) is -0.244. The second-order valence-corrected chi connectivity index (χ2v) is 8.15. The predicted molar refractivity (Wildman–Crippen MR) is 120 cm³/mol. The largest absolute Gasteiger partial charge is 0.491 e. The number of methoxy groups -OCH3 is 1. The minimum atomic E-state index is -4.39. The minimum absolute atomic E-state index is 0.110. The van der Waals surface area contributed by atoms with Crippen molar-refractivity contribution in [2.75, 3.05) is 26.9 Å². The Morgan fingerprint density at radius 3 is 2.50 bits per heavy atom. The molecule has 4 rings (SSSR count). The van der Waals surface area contributed by atoms with E-state index in [0.717, 1.165) is 37.1 Å². The van der Waals surface area contributed by atoms with Gasteiger partial charge in [0.2, 0.25) is 0 Å². The fraction of sp³-hybridized carbons (Fsp3) is 0.360. The van der Waals surface area contributed by atoms with E-state index in [-0.39, 0.29) is 11.9 Å². The van der Waals surface area contributed by atoms with E-state index in [1.165, 1.54) is 12.1 Å². The quantitative estimate of drug-likeness (QED) is 0.461. The van der Waals surface area contributed by atoms with E-state index in [1.54, 1.807) is 37.6 Å². The number of ether oxygens (including phenoxy) is 2. The summed E-state index contributed by atoms with van der Waals surface area (Å²) in [4.78, 5) is 15.2. The van der Waals surface area contributed by atoms with Crippen LogP contribution in [-0.2, 0) is 10.9 Å². The monoisotopic (exact) mass is 473 g/mol. The number of rotatable bonds is 7. The van der Waals surface area contributed by atoms with Crippen LogP contribution in [0.25, 0.3) is 11.1 Å². The third-order valence-corrected chi connectivity index (χ3v) is 5.95. The number of amides is 1. The van der Waals surface area contributed by atoms with E-state index < -0.39 is 11.7 Å². The summed E-state index contributed by atoms with van der Waals surface area (Å²) < 4.78 is 49.4. The Balaban J connectivity index is 1.55. The number of halogens is 3. The zero-order chi connectivity index (χ0) is 24.1. The number of likely N-dealkylation sites (tertiary alicyclic amines) is 1. The van der Waals surface area contributed by atoms with Crippen molar-refractivity contribution in [2.24, 2.45) is 0 Å². The second-order valence-electron chi connectivity index (χ2n) is 8.15. The van der Waals surface area contributed by atoms with Gasteiger partial charge in [-0.3, -0.25) is 9.89 Å². The molecule has 34 heavy (non-hydrogen) atoms. The molecule has 1 aliphatic heterocycles. The third kappa shape index (κ3) is 5.25. The number of carbonyl (C=O) groups is 1. The first-order valence-electron chi connectivity index (χ1n) is 11.1. The highest BCUT2D eigenvalue weighted by Crippen LogP contribution is 2.37. The van der Waals surface area contributed by atoms with Crippen LogP contribution >= 0.6 is 0 Å². The Hall–Kier alpha value is -3.33. The molecular formula is C25H26F3N3O3. The third-order valence-electron chi connectivity index (χ3n) is 5.95. The van der Waals surface area contributed by atoms with Crippen molar-refractivity contribution in [1.82, 2.24) is 15.1 Å². The summed E-state index contributed by atoms with van der Waals surface area (Å²) in [7, 11) is 1.60. The van der Waals surface area contributed by atoms with Gasteiger partial charge in [0.05, 0.1) is 30.1 Å². The normalized spacial score (nSPS) is 16.5. The number of piperidine rings is 1. The van der Waals surface area contributed by atoms with Gasteiger partial charge < -0.3 is 14.4 Å². The van der Waals surface area contributed by atoms with E-state index in [9.17, 15) is 18.0 Å². The van der Waals surface area contributed by atoms with Crippen LogP contribution in [0.1, 0.15) is 46.9 Å². The molecule has 0 saturated carbocycles. The molecule has 1 aromatic heterocycles. The van der Waals surface area contributed by atoms with E-state index in [4.69, 9.17) is 9.47 Å². The van der Waals surface area contributed by atoms with Crippen LogP contribution < -0.4 is 4.74 Å². The van der Waals surface area contributed by atoms with Gasteiger partial charge >= 0.3 is 6.18 Å². The maximum atomic E-state index is 13.4. The summed E-state index contributed by atoms with van der Waals surface area (Å²) in [6.45, 7) is 1.48. The van der Waals surface area contributed by atoms with Crippen LogP contribution in [0.5, 0.6) is 5.75 Å². The molecule has 1 atom stereocenters. The Bertz CT molecular complexity index is 1100. The van der Waals surface area contributed by atoms with Gasteiger partial charge in [0.25, 0.3) is 5.91 Å². The Labute approximate surface area is 195 Å². The SMILES string of the molecule is COCCOc1ccc(C(=O)N2CCCC[C@@H]2c2[nH]ncc2-c2ccc(C(F)(F)F)cc2)cc1. The summed E-state index contributed by atoms with van der Waals surface area (Å²) in [5, 5.41) is 7.14. The minimum Gasteiger partial charge on any atom is -0.491 e. The van der Waals surface area contributed by atoms with Crippen LogP contribution in [0.2, 0.25) is 0 Å². The van der Waals surface area contributed by atoms with Crippen molar-refractivity contribution in [2.45, 2.75) is 31.5 Å². The fourth-order valence-corrected chi connectivity index (χ4v) is 4.20. The molecule has 1 saturated heterocycles. The Morgan fingerprint density at radius 1 is 1.09 bits per heavy atom. The number of hydrogen-bond donors (Lipinski definition) is 1. The van der Waals surface area contributed by atoms with Crippen molar-refractivity contribution >= 4 is 5.91 Å². The number of aromatic nitrogens is 2. The van der Waals surface area contributed by atoms with Crippen molar-refractivity contribution < 1.29 is 27.4 Å². The van der Waals surface area contributed by atoms with Gasteiger partial charge in [-0.25, -0.2) is 0 Å². The molecule has 1 amide bonds. The highest BCUT2D eigenvalue weighted by atomic mass is 19.4. The molecule has 1 N–H and O–H groups in total. The van der Waals surface area contributed by atoms with E-state index in [2.05, 4.69) is 10.2 Å². The van der Waals surface area contributed by atoms with Crippen molar-refractivity contribution in [3.63, 3.8) is 0 Å². The lowest BCUT2D eigenvalue weighted by atomic mass is 9.93. The molecule has 0 radical (unpaired) electrons. The molecule has 9 heteroatoms. The van der Waals surface area contributed by atoms with E-state index in [0.29, 0.717) is 42.2 Å². The Kier molecular flexibility index (Phi) is 7.21. The lowest BCUT2D eigenvalue weighted by Crippen LogP contribution is -2.38. The van der Waals surface area contributed by atoms with Gasteiger partial charge in [0.1, 0.15) is 12.4 Å². The van der Waals surface area contributed by atoms with Crippen LogP contribution in [-0.4, -0.2) is 47.9 Å². The molecule has 1 aliphatic rings. The fourth-order valence-electron chi connectivity index (χ4n) is 4.20. The first kappa shape index (κ1) is 23.8. The number of hydrogen-bond acceptors (Lipinski definition) is 4. The molecular weight excluding hydrogens is 447 g/mol. The van der Waals surface area contributed by atoms with Gasteiger partial charge in [-0.05, 0) is 61.2 Å². The molecule has 0 aliphatic carbocycles. The van der Waals surface area contributed by atoms with Gasteiger partial charge in [0, 0.05) is 24.8 Å². The number of nitrogens with one attached hydrogen (secondary N) is 1. The maximum Gasteiger partial charge on any atom is 0.416 e. The zero-order valence-electron chi connectivity index (χ0n) is 18.8. The number of H-pyrrole nitrogens is 1. The highest BCUT2D eigenvalue weighted by Gasteiger charge is 2.33. The number of carbonyl (C=O) groups excluding carboxylic acids is 1. The summed E-state index contributed by atoms with van der Waals surface area (Å²) in [5.41, 5.74) is 1.88. The van der Waals surface area contributed by atoms with Gasteiger partial charge in [-0.1, -0.05) is 12.1 Å². The van der Waals surface area contributed by atoms with E-state index in [1.807, 2.05) is 4.90 Å². The van der Waals surface area contributed by atoms with Crippen molar-refractivity contribution in [1.29, 1.82) is 0 Å². The molecule has 2 heterocycles. The lowest BCUT2D eigenvalue weighted by molar-refractivity contribution is -0.137. The average Bonchev–Trinajstić information content (AvgIpc) is 3.34. The van der Waals surface area contributed by atoms with Crippen molar-refractivity contribution in [3.05, 3.63) is 71.5 Å². The summed E-state index contributed by atoms with van der Waals surface area (Å²) in [5.74, 6) is 0.545. The van der Waals surface area contributed by atoms with Crippen LogP contribution in [0, 0.1) is 0 Å². The highest BCUT2D eigenvalue weighted by molar-refractivity contribution is 5.94. The molecule has 3 aromatic rings. The molecule has 6 nitrogen and oxygen atoms in total. The van der Waals surface area contributed by atoms with Crippen LogP contribution in [0.3, 0.4) is 0 Å². The molecule has 1 fully saturated rings. The summed E-state index contributed by atoms with van der Waals surface area (Å²) >= 11 is 0. The number of nitrogens with zero attached hydrogens (tertiary/aromatic N) is 2. The smallest absolute Gasteiger partial charge is 0.416 e.